The van der Waals surface area contributed by atoms with Crippen molar-refractivity contribution in [3.05, 3.63) is 78.1 Å². The van der Waals surface area contributed by atoms with Crippen LogP contribution in [-0.4, -0.2) is 78.0 Å². The first-order chi connectivity index (χ1) is 20.9. The molecular formula is C32H39N3O8S. The predicted octanol–water partition coefficient (Wildman–Crippen LogP) is 4.80. The number of carboxylic acid groups (broad SMARTS) is 1. The van der Waals surface area contributed by atoms with E-state index in [4.69, 9.17) is 18.9 Å². The Hall–Kier alpha value is -3.87. The summed E-state index contributed by atoms with van der Waals surface area (Å²) in [5.74, 6) is 1.53. The number of carbonyl (C=O) groups is 1. The summed E-state index contributed by atoms with van der Waals surface area (Å²) in [7, 11) is -3.99. The summed E-state index contributed by atoms with van der Waals surface area (Å²) in [6, 6.07) is 17.0. The van der Waals surface area contributed by atoms with Crippen molar-refractivity contribution in [1.82, 2.24) is 14.2 Å². The first kappa shape index (κ1) is 31.6. The standard InChI is InChI=1S/C32H39N3O8S/c1-22(2)19-34(44(38,39)26-12-13-28-29(18-26)41-16-15-40-28)20-30-27(35(31(36)37)32(3,4)43-30)17-23-8-10-25(11-9-23)42-21-24-7-5-6-14-33-24/h5-14,18,22,27,30H,15-17,19-21H2,1-4H3,(H,36,37)/t27-,30+/m0/s1. The van der Waals surface area contributed by atoms with Gasteiger partial charge in [0.2, 0.25) is 10.0 Å². The zero-order chi connectivity index (χ0) is 31.5. The Morgan fingerprint density at radius 2 is 1.82 bits per heavy atom. The summed E-state index contributed by atoms with van der Waals surface area (Å²) in [5.41, 5.74) is 0.499. The number of nitrogens with zero attached hydrogens (tertiary/aromatic N) is 3. The van der Waals surface area contributed by atoms with E-state index in [1.165, 1.54) is 21.3 Å². The summed E-state index contributed by atoms with van der Waals surface area (Å²) < 4.78 is 52.8. The fraction of sp³-hybridized carbons (Fsp3) is 0.438. The quantitative estimate of drug-likeness (QED) is 0.320. The van der Waals surface area contributed by atoms with Crippen LogP contribution in [0.1, 0.15) is 39.0 Å². The molecule has 3 aromatic rings. The second-order valence-corrected chi connectivity index (χ2v) is 13.7. The molecule has 0 radical (unpaired) electrons. The fourth-order valence-corrected chi connectivity index (χ4v) is 7.27. The van der Waals surface area contributed by atoms with Gasteiger partial charge in [-0.3, -0.25) is 9.88 Å². The maximum absolute atomic E-state index is 14.0. The highest BCUT2D eigenvalue weighted by Crippen LogP contribution is 2.37. The molecule has 3 heterocycles. The maximum atomic E-state index is 14.0. The molecular weight excluding hydrogens is 586 g/mol. The number of benzene rings is 2. The molecule has 1 aromatic heterocycles. The van der Waals surface area contributed by atoms with Crippen LogP contribution in [0.2, 0.25) is 0 Å². The molecule has 11 nitrogen and oxygen atoms in total. The van der Waals surface area contributed by atoms with Crippen molar-refractivity contribution in [3.8, 4) is 17.2 Å². The molecule has 2 aliphatic rings. The Morgan fingerprint density at radius 3 is 2.48 bits per heavy atom. The summed E-state index contributed by atoms with van der Waals surface area (Å²) in [4.78, 5) is 18.1. The number of sulfonamides is 1. The van der Waals surface area contributed by atoms with E-state index < -0.39 is 34.0 Å². The van der Waals surface area contributed by atoms with Gasteiger partial charge in [-0.25, -0.2) is 13.2 Å². The molecule has 236 valence electrons. The van der Waals surface area contributed by atoms with Crippen molar-refractivity contribution in [3.63, 3.8) is 0 Å². The number of rotatable bonds is 11. The van der Waals surface area contributed by atoms with E-state index >= 15 is 0 Å². The van der Waals surface area contributed by atoms with Gasteiger partial charge in [0.1, 0.15) is 31.3 Å². The third kappa shape index (κ3) is 7.09. The van der Waals surface area contributed by atoms with E-state index in [-0.39, 0.29) is 23.9 Å². The van der Waals surface area contributed by atoms with Crippen molar-refractivity contribution in [2.75, 3.05) is 26.3 Å². The third-order valence-electron chi connectivity index (χ3n) is 7.57. The SMILES string of the molecule is CC(C)CN(C[C@H]1OC(C)(C)N(C(=O)O)[C@H]1Cc1ccc(OCc2ccccn2)cc1)S(=O)(=O)c1ccc2c(c1)OCCO2. The van der Waals surface area contributed by atoms with Crippen LogP contribution in [0.5, 0.6) is 17.2 Å². The van der Waals surface area contributed by atoms with Gasteiger partial charge in [0.15, 0.2) is 11.5 Å². The molecule has 1 saturated heterocycles. The van der Waals surface area contributed by atoms with Crippen molar-refractivity contribution in [2.24, 2.45) is 5.92 Å². The first-order valence-corrected chi connectivity index (χ1v) is 16.1. The number of hydrogen-bond donors (Lipinski definition) is 1. The van der Waals surface area contributed by atoms with Crippen molar-refractivity contribution >= 4 is 16.1 Å². The number of amides is 1. The van der Waals surface area contributed by atoms with Gasteiger partial charge in [0.25, 0.3) is 0 Å². The number of ether oxygens (including phenoxy) is 4. The summed E-state index contributed by atoms with van der Waals surface area (Å²) in [6.07, 6.45) is 0.164. The lowest BCUT2D eigenvalue weighted by Gasteiger charge is -2.31. The second-order valence-electron chi connectivity index (χ2n) is 11.8. The van der Waals surface area contributed by atoms with Gasteiger partial charge in [0.05, 0.1) is 22.7 Å². The van der Waals surface area contributed by atoms with Gasteiger partial charge in [-0.1, -0.05) is 32.0 Å². The molecule has 44 heavy (non-hydrogen) atoms. The zero-order valence-electron chi connectivity index (χ0n) is 25.4. The highest BCUT2D eigenvalue weighted by atomic mass is 32.2. The highest BCUT2D eigenvalue weighted by molar-refractivity contribution is 7.89. The molecule has 1 amide bonds. The Balaban J connectivity index is 1.38. The van der Waals surface area contributed by atoms with Gasteiger partial charge < -0.3 is 24.1 Å². The Kier molecular flexibility index (Phi) is 9.33. The van der Waals surface area contributed by atoms with Crippen molar-refractivity contribution < 1.29 is 37.3 Å². The molecule has 0 bridgehead atoms. The van der Waals surface area contributed by atoms with Crippen LogP contribution in [0.25, 0.3) is 0 Å². The summed E-state index contributed by atoms with van der Waals surface area (Å²) in [6.45, 7) is 8.49. The lowest BCUT2D eigenvalue weighted by Crippen LogP contribution is -2.50. The molecule has 0 saturated carbocycles. The molecule has 1 fully saturated rings. The van der Waals surface area contributed by atoms with Crippen molar-refractivity contribution in [1.29, 1.82) is 0 Å². The molecule has 5 rings (SSSR count). The maximum Gasteiger partial charge on any atom is 0.409 e. The molecule has 1 N–H and O–H groups in total. The topological polar surface area (TPSA) is 128 Å². The third-order valence-corrected chi connectivity index (χ3v) is 9.40. The average molecular weight is 626 g/mol. The number of fused-ring (bicyclic) bond motifs is 1. The van der Waals surface area contributed by atoms with Crippen LogP contribution in [-0.2, 0) is 27.8 Å². The molecule has 0 unspecified atom stereocenters. The summed E-state index contributed by atoms with van der Waals surface area (Å²) >= 11 is 0. The lowest BCUT2D eigenvalue weighted by molar-refractivity contribution is -0.0690. The van der Waals surface area contributed by atoms with Gasteiger partial charge in [0, 0.05) is 25.4 Å². The van der Waals surface area contributed by atoms with E-state index in [1.54, 1.807) is 26.1 Å². The Labute approximate surface area is 258 Å². The van der Waals surface area contributed by atoms with Crippen molar-refractivity contribution in [2.45, 2.75) is 63.5 Å². The van der Waals surface area contributed by atoms with E-state index in [0.717, 1.165) is 11.3 Å². The van der Waals surface area contributed by atoms with E-state index in [2.05, 4.69) is 4.98 Å². The van der Waals surface area contributed by atoms with Gasteiger partial charge in [-0.15, -0.1) is 0 Å². The minimum absolute atomic E-state index is 0.00376. The normalized spacial score (nSPS) is 19.4. The fourth-order valence-electron chi connectivity index (χ4n) is 5.64. The molecule has 12 heteroatoms. The molecule has 2 aliphatic heterocycles. The van der Waals surface area contributed by atoms with E-state index in [0.29, 0.717) is 43.5 Å². The monoisotopic (exact) mass is 625 g/mol. The molecule has 2 aromatic carbocycles. The van der Waals surface area contributed by atoms with E-state index in [9.17, 15) is 18.3 Å². The minimum Gasteiger partial charge on any atom is -0.487 e. The minimum atomic E-state index is -3.99. The summed E-state index contributed by atoms with van der Waals surface area (Å²) in [5, 5.41) is 10.2. The Bertz CT molecular complexity index is 1550. The molecule has 0 aliphatic carbocycles. The largest absolute Gasteiger partial charge is 0.487 e. The predicted molar refractivity (Wildman–Crippen MR) is 162 cm³/mol. The van der Waals surface area contributed by atoms with Crippen LogP contribution in [0.15, 0.2) is 71.8 Å². The highest BCUT2D eigenvalue weighted by Gasteiger charge is 2.51. The molecule has 2 atom stereocenters. The number of pyridine rings is 1. The average Bonchev–Trinajstić information content (AvgIpc) is 3.24. The first-order valence-electron chi connectivity index (χ1n) is 14.7. The van der Waals surface area contributed by atoms with Crippen LogP contribution in [0, 0.1) is 5.92 Å². The van der Waals surface area contributed by atoms with Crippen LogP contribution in [0.4, 0.5) is 4.79 Å². The van der Waals surface area contributed by atoms with Crippen LogP contribution in [0.3, 0.4) is 0 Å². The van der Waals surface area contributed by atoms with Gasteiger partial charge in [-0.05, 0) is 68.1 Å². The van der Waals surface area contributed by atoms with Gasteiger partial charge in [-0.2, -0.15) is 4.31 Å². The second kappa shape index (κ2) is 13.0. The smallest absolute Gasteiger partial charge is 0.409 e. The van der Waals surface area contributed by atoms with Crippen LogP contribution < -0.4 is 14.2 Å². The number of hydrogen-bond acceptors (Lipinski definition) is 8. The zero-order valence-corrected chi connectivity index (χ0v) is 26.2. The van der Waals surface area contributed by atoms with Crippen LogP contribution >= 0.6 is 0 Å². The Morgan fingerprint density at radius 1 is 1.09 bits per heavy atom. The molecule has 0 spiro atoms. The lowest BCUT2D eigenvalue weighted by atomic mass is 10.00. The number of aromatic nitrogens is 1. The van der Waals surface area contributed by atoms with E-state index in [1.807, 2.05) is 56.3 Å². The van der Waals surface area contributed by atoms with Gasteiger partial charge >= 0.3 is 6.09 Å².